The average Bonchev–Trinajstić information content (AvgIpc) is 2.35. The molecule has 0 radical (unpaired) electrons. The van der Waals surface area contributed by atoms with Crippen LogP contribution in [-0.4, -0.2) is 7.05 Å². The van der Waals surface area contributed by atoms with Crippen LogP contribution in [0.15, 0.2) is 46.9 Å². The fraction of sp³-hybridized carbons (Fsp3) is 0.143. The Labute approximate surface area is 114 Å². The van der Waals surface area contributed by atoms with Gasteiger partial charge in [0.25, 0.3) is 0 Å². The van der Waals surface area contributed by atoms with Crippen LogP contribution in [0.4, 0.5) is 15.8 Å². The lowest BCUT2D eigenvalue weighted by atomic mass is 10.2. The summed E-state index contributed by atoms with van der Waals surface area (Å²) in [5, 5.41) is 0. The Morgan fingerprint density at radius 2 is 1.89 bits per heavy atom. The monoisotopic (exact) mass is 308 g/mol. The third kappa shape index (κ3) is 2.82. The van der Waals surface area contributed by atoms with Crippen molar-refractivity contribution >= 4 is 27.3 Å². The van der Waals surface area contributed by atoms with Crippen molar-refractivity contribution in [2.75, 3.05) is 17.7 Å². The number of hydrogen-bond acceptors (Lipinski definition) is 2. The van der Waals surface area contributed by atoms with Gasteiger partial charge in [0.15, 0.2) is 0 Å². The van der Waals surface area contributed by atoms with Crippen LogP contribution in [0.2, 0.25) is 0 Å². The Hall–Kier alpha value is -1.55. The summed E-state index contributed by atoms with van der Waals surface area (Å²) in [6.07, 6.45) is 0. The number of nitrogens with zero attached hydrogens (tertiary/aromatic N) is 1. The predicted octanol–water partition coefficient (Wildman–Crippen LogP) is 3.81. The molecule has 2 rings (SSSR count). The molecule has 0 heterocycles. The summed E-state index contributed by atoms with van der Waals surface area (Å²) < 4.78 is 13.9. The number of rotatable bonds is 3. The Bertz CT molecular complexity index is 543. The first-order valence-electron chi connectivity index (χ1n) is 5.57. The van der Waals surface area contributed by atoms with Gasteiger partial charge in [-0.05, 0) is 27.6 Å². The van der Waals surface area contributed by atoms with E-state index >= 15 is 0 Å². The quantitative estimate of drug-likeness (QED) is 0.874. The van der Waals surface area contributed by atoms with E-state index in [4.69, 9.17) is 5.73 Å². The summed E-state index contributed by atoms with van der Waals surface area (Å²) in [4.78, 5) is 1.93. The fourth-order valence-electron chi connectivity index (χ4n) is 1.82. The zero-order chi connectivity index (χ0) is 13.1. The van der Waals surface area contributed by atoms with E-state index in [9.17, 15) is 4.39 Å². The van der Waals surface area contributed by atoms with Crippen molar-refractivity contribution in [3.8, 4) is 0 Å². The fourth-order valence-corrected chi connectivity index (χ4v) is 2.19. The van der Waals surface area contributed by atoms with Gasteiger partial charge < -0.3 is 10.6 Å². The Morgan fingerprint density at radius 1 is 1.22 bits per heavy atom. The minimum Gasteiger partial charge on any atom is -0.397 e. The second-order valence-electron chi connectivity index (χ2n) is 4.17. The molecule has 0 saturated carbocycles. The molecule has 0 bridgehead atoms. The van der Waals surface area contributed by atoms with Gasteiger partial charge >= 0.3 is 0 Å². The van der Waals surface area contributed by atoms with E-state index in [0.29, 0.717) is 22.4 Å². The first kappa shape index (κ1) is 12.9. The lowest BCUT2D eigenvalue weighted by molar-refractivity contribution is 0.620. The standard InChI is InChI=1S/C14H14BrFN2/c1-18(9-10-5-3-2-4-6-10)14-8-12(16)11(15)7-13(14)17/h2-8H,9,17H2,1H3. The molecule has 2 aromatic rings. The van der Waals surface area contributed by atoms with Gasteiger partial charge in [0.05, 0.1) is 15.8 Å². The maximum absolute atomic E-state index is 13.5. The second-order valence-corrected chi connectivity index (χ2v) is 5.02. The summed E-state index contributed by atoms with van der Waals surface area (Å²) in [5.74, 6) is -0.306. The number of nitrogens with two attached hydrogens (primary N) is 1. The van der Waals surface area contributed by atoms with Crippen LogP contribution in [-0.2, 0) is 6.54 Å². The van der Waals surface area contributed by atoms with Crippen LogP contribution in [0, 0.1) is 5.82 Å². The van der Waals surface area contributed by atoms with Gasteiger partial charge in [0, 0.05) is 19.7 Å². The molecule has 2 N–H and O–H groups in total. The molecule has 0 atom stereocenters. The molecule has 2 nitrogen and oxygen atoms in total. The lowest BCUT2D eigenvalue weighted by Crippen LogP contribution is -2.18. The molecule has 18 heavy (non-hydrogen) atoms. The van der Waals surface area contributed by atoms with Crippen molar-refractivity contribution in [3.63, 3.8) is 0 Å². The summed E-state index contributed by atoms with van der Waals surface area (Å²) in [6.45, 7) is 0.687. The van der Waals surface area contributed by atoms with Crippen molar-refractivity contribution < 1.29 is 4.39 Å². The molecular formula is C14H14BrFN2. The van der Waals surface area contributed by atoms with Crippen molar-refractivity contribution in [1.82, 2.24) is 0 Å². The second kappa shape index (κ2) is 5.40. The lowest BCUT2D eigenvalue weighted by Gasteiger charge is -2.21. The average molecular weight is 309 g/mol. The van der Waals surface area contributed by atoms with Crippen LogP contribution in [0.3, 0.4) is 0 Å². The molecule has 0 aliphatic heterocycles. The number of benzene rings is 2. The third-order valence-electron chi connectivity index (χ3n) is 2.74. The largest absolute Gasteiger partial charge is 0.397 e. The van der Waals surface area contributed by atoms with Crippen molar-refractivity contribution in [1.29, 1.82) is 0 Å². The molecule has 0 amide bonds. The van der Waals surface area contributed by atoms with Gasteiger partial charge in [0.1, 0.15) is 5.82 Å². The molecule has 0 unspecified atom stereocenters. The van der Waals surface area contributed by atoms with Gasteiger partial charge in [0.2, 0.25) is 0 Å². The summed E-state index contributed by atoms with van der Waals surface area (Å²) in [5.41, 5.74) is 8.31. The van der Waals surface area contributed by atoms with Crippen LogP contribution < -0.4 is 10.6 Å². The topological polar surface area (TPSA) is 29.3 Å². The van der Waals surface area contributed by atoms with E-state index < -0.39 is 0 Å². The van der Waals surface area contributed by atoms with Gasteiger partial charge in [-0.3, -0.25) is 0 Å². The van der Waals surface area contributed by atoms with Crippen LogP contribution in [0.1, 0.15) is 5.56 Å². The number of anilines is 2. The highest BCUT2D eigenvalue weighted by molar-refractivity contribution is 9.10. The highest BCUT2D eigenvalue weighted by atomic mass is 79.9. The van der Waals surface area contributed by atoms with Crippen LogP contribution >= 0.6 is 15.9 Å². The Kier molecular flexibility index (Phi) is 3.87. The van der Waals surface area contributed by atoms with E-state index in [1.807, 2.05) is 42.3 Å². The Balaban J connectivity index is 2.24. The molecule has 0 aliphatic rings. The third-order valence-corrected chi connectivity index (χ3v) is 3.35. The molecule has 2 aromatic carbocycles. The molecule has 4 heteroatoms. The highest BCUT2D eigenvalue weighted by Crippen LogP contribution is 2.29. The molecule has 0 spiro atoms. The van der Waals surface area contributed by atoms with Crippen molar-refractivity contribution in [3.05, 3.63) is 58.3 Å². The number of hydrogen-bond donors (Lipinski definition) is 1. The smallest absolute Gasteiger partial charge is 0.139 e. The van der Waals surface area contributed by atoms with E-state index in [1.165, 1.54) is 6.07 Å². The van der Waals surface area contributed by atoms with Crippen molar-refractivity contribution in [2.45, 2.75) is 6.54 Å². The minimum absolute atomic E-state index is 0.306. The number of halogens is 2. The summed E-state index contributed by atoms with van der Waals surface area (Å²) >= 11 is 3.12. The van der Waals surface area contributed by atoms with E-state index in [0.717, 1.165) is 5.56 Å². The normalized spacial score (nSPS) is 10.4. The van der Waals surface area contributed by atoms with Gasteiger partial charge in [-0.15, -0.1) is 0 Å². The summed E-state index contributed by atoms with van der Waals surface area (Å²) in [7, 11) is 1.89. The van der Waals surface area contributed by atoms with Gasteiger partial charge in [-0.25, -0.2) is 4.39 Å². The zero-order valence-electron chi connectivity index (χ0n) is 10.0. The molecular weight excluding hydrogens is 295 g/mol. The minimum atomic E-state index is -0.306. The van der Waals surface area contributed by atoms with E-state index in [2.05, 4.69) is 15.9 Å². The number of nitrogen functional groups attached to an aromatic ring is 1. The van der Waals surface area contributed by atoms with Crippen LogP contribution in [0.25, 0.3) is 0 Å². The van der Waals surface area contributed by atoms with E-state index in [-0.39, 0.29) is 5.82 Å². The maximum Gasteiger partial charge on any atom is 0.139 e. The molecule has 0 aliphatic carbocycles. The first-order valence-corrected chi connectivity index (χ1v) is 6.37. The molecule has 0 saturated heterocycles. The van der Waals surface area contributed by atoms with Crippen LogP contribution in [0.5, 0.6) is 0 Å². The SMILES string of the molecule is CN(Cc1ccccc1)c1cc(F)c(Br)cc1N. The Morgan fingerprint density at radius 3 is 2.56 bits per heavy atom. The highest BCUT2D eigenvalue weighted by Gasteiger charge is 2.10. The van der Waals surface area contributed by atoms with E-state index in [1.54, 1.807) is 6.07 Å². The molecule has 0 aromatic heterocycles. The zero-order valence-corrected chi connectivity index (χ0v) is 11.6. The summed E-state index contributed by atoms with van der Waals surface area (Å²) in [6, 6.07) is 13.0. The molecule has 0 fully saturated rings. The van der Waals surface area contributed by atoms with Gasteiger partial charge in [-0.2, -0.15) is 0 Å². The molecule has 94 valence electrons. The maximum atomic E-state index is 13.5. The van der Waals surface area contributed by atoms with Crippen molar-refractivity contribution in [2.24, 2.45) is 0 Å². The van der Waals surface area contributed by atoms with Gasteiger partial charge in [-0.1, -0.05) is 30.3 Å². The first-order chi connectivity index (χ1) is 8.58. The predicted molar refractivity (Wildman–Crippen MR) is 77.1 cm³/mol.